The van der Waals surface area contributed by atoms with Gasteiger partial charge in [-0.3, -0.25) is 10.00 Å². The molecule has 0 bridgehead atoms. The van der Waals surface area contributed by atoms with Crippen LogP contribution in [-0.4, -0.2) is 41.8 Å². The maximum Gasteiger partial charge on any atom is 0.416 e. The molecule has 0 unspecified atom stereocenters. The molecule has 2 heterocycles. The first-order valence-electron chi connectivity index (χ1n) is 8.54. The fraction of sp³-hybridized carbons (Fsp3) is 0.500. The van der Waals surface area contributed by atoms with Crippen LogP contribution in [-0.2, 0) is 12.7 Å². The molecule has 1 aromatic heterocycles. The Hall–Kier alpha value is -1.57. The highest BCUT2D eigenvalue weighted by molar-refractivity contribution is 5.85. The van der Waals surface area contributed by atoms with Crippen LogP contribution in [0.15, 0.2) is 30.5 Å². The van der Waals surface area contributed by atoms with Crippen molar-refractivity contribution in [3.05, 3.63) is 41.6 Å². The van der Waals surface area contributed by atoms with Crippen LogP contribution in [0.5, 0.6) is 0 Å². The zero-order valence-corrected chi connectivity index (χ0v) is 15.5. The summed E-state index contributed by atoms with van der Waals surface area (Å²) in [6.07, 6.45) is -0.220. The first kappa shape index (κ1) is 20.7. The molecule has 4 nitrogen and oxygen atoms in total. The van der Waals surface area contributed by atoms with Crippen molar-refractivity contribution < 1.29 is 13.2 Å². The van der Waals surface area contributed by atoms with Gasteiger partial charge in [-0.25, -0.2) is 0 Å². The summed E-state index contributed by atoms with van der Waals surface area (Å²) in [4.78, 5) is 2.38. The van der Waals surface area contributed by atoms with Gasteiger partial charge >= 0.3 is 6.18 Å². The lowest BCUT2D eigenvalue weighted by Crippen LogP contribution is -2.36. The van der Waals surface area contributed by atoms with Crippen LogP contribution < -0.4 is 5.32 Å². The normalized spacial score (nSPS) is 16.5. The van der Waals surface area contributed by atoms with Gasteiger partial charge in [-0.2, -0.15) is 18.3 Å². The van der Waals surface area contributed by atoms with E-state index in [1.807, 2.05) is 7.05 Å². The fourth-order valence-electron chi connectivity index (χ4n) is 3.39. The van der Waals surface area contributed by atoms with E-state index in [1.165, 1.54) is 12.1 Å². The maximum atomic E-state index is 12.7. The van der Waals surface area contributed by atoms with Crippen molar-refractivity contribution in [3.8, 4) is 11.3 Å². The van der Waals surface area contributed by atoms with Crippen LogP contribution in [0.25, 0.3) is 11.3 Å². The zero-order chi connectivity index (χ0) is 17.9. The lowest BCUT2D eigenvalue weighted by molar-refractivity contribution is -0.137. The van der Waals surface area contributed by atoms with Crippen LogP contribution in [0.3, 0.4) is 0 Å². The average molecular weight is 389 g/mol. The van der Waals surface area contributed by atoms with Crippen molar-refractivity contribution in [2.75, 3.05) is 26.7 Å². The second-order valence-electron chi connectivity index (χ2n) is 6.62. The highest BCUT2D eigenvalue weighted by Crippen LogP contribution is 2.31. The molecule has 2 aromatic rings. The second-order valence-corrected chi connectivity index (χ2v) is 6.62. The molecule has 3 rings (SSSR count). The minimum atomic E-state index is -4.31. The Morgan fingerprint density at radius 1 is 1.19 bits per heavy atom. The van der Waals surface area contributed by atoms with Crippen LogP contribution in [0.2, 0.25) is 0 Å². The smallest absolute Gasteiger partial charge is 0.319 e. The number of hydrogen-bond acceptors (Lipinski definition) is 3. The molecule has 26 heavy (non-hydrogen) atoms. The standard InChI is InChI=1S/C18H23F3N4.ClH/c1-22-10-13-6-8-25(9-7-13)12-15-11-23-24-17(15)14-2-4-16(5-3-14)18(19,20)21;/h2-5,11,13,22H,6-10,12H2,1H3,(H,23,24);1H. The Labute approximate surface area is 157 Å². The zero-order valence-electron chi connectivity index (χ0n) is 14.6. The lowest BCUT2D eigenvalue weighted by atomic mass is 9.96. The van der Waals surface area contributed by atoms with E-state index in [-0.39, 0.29) is 12.4 Å². The van der Waals surface area contributed by atoms with Crippen LogP contribution in [0, 0.1) is 5.92 Å². The predicted octanol–water partition coefficient (Wildman–Crippen LogP) is 3.95. The Balaban J connectivity index is 0.00000243. The summed E-state index contributed by atoms with van der Waals surface area (Å²) in [5, 5.41) is 10.3. The SMILES string of the molecule is CNCC1CCN(Cc2cn[nH]c2-c2ccc(C(F)(F)F)cc2)CC1.Cl. The molecule has 0 amide bonds. The van der Waals surface area contributed by atoms with E-state index in [0.717, 1.165) is 73.9 Å². The first-order chi connectivity index (χ1) is 12.0. The quantitative estimate of drug-likeness (QED) is 0.815. The van der Waals surface area contributed by atoms with Crippen molar-refractivity contribution in [1.29, 1.82) is 0 Å². The molecule has 0 radical (unpaired) electrons. The molecule has 0 saturated carbocycles. The molecule has 1 aromatic carbocycles. The Morgan fingerprint density at radius 2 is 1.85 bits per heavy atom. The van der Waals surface area contributed by atoms with Gasteiger partial charge in [-0.05, 0) is 63.1 Å². The Kier molecular flexibility index (Phi) is 7.08. The van der Waals surface area contributed by atoms with E-state index in [1.54, 1.807) is 6.20 Å². The van der Waals surface area contributed by atoms with Crippen molar-refractivity contribution >= 4 is 12.4 Å². The maximum absolute atomic E-state index is 12.7. The van der Waals surface area contributed by atoms with E-state index in [0.29, 0.717) is 0 Å². The minimum absolute atomic E-state index is 0. The number of nitrogens with zero attached hydrogens (tertiary/aromatic N) is 2. The van der Waals surface area contributed by atoms with Crippen molar-refractivity contribution in [2.24, 2.45) is 5.92 Å². The molecule has 0 spiro atoms. The topological polar surface area (TPSA) is 44.0 Å². The average Bonchev–Trinajstić information content (AvgIpc) is 3.04. The number of aromatic nitrogens is 2. The number of aromatic amines is 1. The number of likely N-dealkylation sites (tertiary alicyclic amines) is 1. The monoisotopic (exact) mass is 388 g/mol. The van der Waals surface area contributed by atoms with Crippen molar-refractivity contribution in [2.45, 2.75) is 25.6 Å². The minimum Gasteiger partial charge on any atom is -0.319 e. The second kappa shape index (κ2) is 8.88. The highest BCUT2D eigenvalue weighted by atomic mass is 35.5. The Bertz CT molecular complexity index is 676. The van der Waals surface area contributed by atoms with E-state index in [4.69, 9.17) is 0 Å². The van der Waals surface area contributed by atoms with Gasteiger partial charge in [0.1, 0.15) is 0 Å². The van der Waals surface area contributed by atoms with Crippen LogP contribution in [0.1, 0.15) is 24.0 Å². The van der Waals surface area contributed by atoms with E-state index < -0.39 is 11.7 Å². The lowest BCUT2D eigenvalue weighted by Gasteiger charge is -2.31. The van der Waals surface area contributed by atoms with Crippen molar-refractivity contribution in [1.82, 2.24) is 20.4 Å². The van der Waals surface area contributed by atoms with Crippen LogP contribution >= 0.6 is 12.4 Å². The summed E-state index contributed by atoms with van der Waals surface area (Å²) in [5.74, 6) is 0.722. The summed E-state index contributed by atoms with van der Waals surface area (Å²) in [7, 11) is 1.98. The summed E-state index contributed by atoms with van der Waals surface area (Å²) in [6, 6.07) is 5.23. The van der Waals surface area contributed by atoms with Gasteiger partial charge in [0, 0.05) is 12.1 Å². The summed E-state index contributed by atoms with van der Waals surface area (Å²) in [6.45, 7) is 3.88. The molecule has 144 valence electrons. The van der Waals surface area contributed by atoms with E-state index >= 15 is 0 Å². The fourth-order valence-corrected chi connectivity index (χ4v) is 3.39. The number of benzene rings is 1. The summed E-state index contributed by atoms with van der Waals surface area (Å²) in [5.41, 5.74) is 1.91. The molecule has 0 atom stereocenters. The molecule has 2 N–H and O–H groups in total. The number of halogens is 4. The van der Waals surface area contributed by atoms with E-state index in [2.05, 4.69) is 20.4 Å². The van der Waals surface area contributed by atoms with Gasteiger partial charge in [-0.1, -0.05) is 12.1 Å². The Morgan fingerprint density at radius 3 is 2.42 bits per heavy atom. The number of piperidine rings is 1. The summed E-state index contributed by atoms with van der Waals surface area (Å²) >= 11 is 0. The van der Waals surface area contributed by atoms with Crippen molar-refractivity contribution in [3.63, 3.8) is 0 Å². The molecule has 1 aliphatic heterocycles. The number of alkyl halides is 3. The number of rotatable bonds is 5. The number of nitrogens with one attached hydrogen (secondary N) is 2. The van der Waals surface area contributed by atoms with Gasteiger partial charge in [0.25, 0.3) is 0 Å². The third-order valence-electron chi connectivity index (χ3n) is 4.81. The van der Waals surface area contributed by atoms with E-state index in [9.17, 15) is 13.2 Å². The van der Waals surface area contributed by atoms with Crippen LogP contribution in [0.4, 0.5) is 13.2 Å². The molecule has 1 saturated heterocycles. The molecule has 8 heteroatoms. The third kappa shape index (κ3) is 4.99. The van der Waals surface area contributed by atoms with Gasteiger partial charge in [0.2, 0.25) is 0 Å². The molecular formula is C18H24ClF3N4. The number of H-pyrrole nitrogens is 1. The summed E-state index contributed by atoms with van der Waals surface area (Å²) < 4.78 is 38.1. The van der Waals surface area contributed by atoms with Gasteiger partial charge in [0.05, 0.1) is 17.5 Å². The first-order valence-corrected chi connectivity index (χ1v) is 8.54. The molecule has 1 aliphatic rings. The highest BCUT2D eigenvalue weighted by Gasteiger charge is 2.30. The molecular weight excluding hydrogens is 365 g/mol. The largest absolute Gasteiger partial charge is 0.416 e. The van der Waals surface area contributed by atoms with Gasteiger partial charge < -0.3 is 5.32 Å². The molecule has 0 aliphatic carbocycles. The van der Waals surface area contributed by atoms with Gasteiger partial charge in [0.15, 0.2) is 0 Å². The predicted molar refractivity (Wildman–Crippen MR) is 98.2 cm³/mol. The van der Waals surface area contributed by atoms with Gasteiger partial charge in [-0.15, -0.1) is 12.4 Å². The molecule has 1 fully saturated rings. The third-order valence-corrected chi connectivity index (χ3v) is 4.81. The number of hydrogen-bond donors (Lipinski definition) is 2.